The van der Waals surface area contributed by atoms with Crippen LogP contribution in [0.5, 0.6) is 0 Å². The number of hydrogen-bond acceptors (Lipinski definition) is 4. The zero-order valence-corrected chi connectivity index (χ0v) is 11.1. The third-order valence-corrected chi connectivity index (χ3v) is 3.27. The molecule has 1 aliphatic rings. The fourth-order valence-electron chi connectivity index (χ4n) is 2.23. The Labute approximate surface area is 113 Å². The topological polar surface area (TPSA) is 70.6 Å². The third kappa shape index (κ3) is 3.76. The first-order valence-corrected chi connectivity index (χ1v) is 6.45. The molecule has 0 saturated heterocycles. The van der Waals surface area contributed by atoms with Crippen LogP contribution in [0.15, 0.2) is 24.3 Å². The van der Waals surface area contributed by atoms with Crippen LogP contribution in [0.25, 0.3) is 0 Å². The summed E-state index contributed by atoms with van der Waals surface area (Å²) < 4.78 is 4.81. The van der Waals surface area contributed by atoms with Crippen molar-refractivity contribution < 1.29 is 14.6 Å². The number of methoxy groups -OCH3 is 1. The summed E-state index contributed by atoms with van der Waals surface area (Å²) in [5.74, 6) is -0.0790. The van der Waals surface area contributed by atoms with Crippen LogP contribution in [0.2, 0.25) is 0 Å². The second-order valence-corrected chi connectivity index (χ2v) is 4.76. The van der Waals surface area contributed by atoms with Gasteiger partial charge in [0.15, 0.2) is 0 Å². The number of rotatable bonds is 5. The van der Waals surface area contributed by atoms with Crippen molar-refractivity contribution in [1.29, 1.82) is 0 Å². The van der Waals surface area contributed by atoms with E-state index >= 15 is 0 Å². The van der Waals surface area contributed by atoms with E-state index in [-0.39, 0.29) is 25.1 Å². The molecular formula is C14H20N2O3. The van der Waals surface area contributed by atoms with Crippen molar-refractivity contribution >= 4 is 5.91 Å². The smallest absolute Gasteiger partial charge is 0.237 e. The Hall–Kier alpha value is -1.43. The minimum absolute atomic E-state index is 0.0790. The van der Waals surface area contributed by atoms with E-state index in [4.69, 9.17) is 4.74 Å². The zero-order valence-electron chi connectivity index (χ0n) is 11.1. The highest BCUT2D eigenvalue weighted by molar-refractivity contribution is 5.82. The molecule has 104 valence electrons. The van der Waals surface area contributed by atoms with Crippen LogP contribution < -0.4 is 10.6 Å². The lowest BCUT2D eigenvalue weighted by Crippen LogP contribution is -2.49. The largest absolute Gasteiger partial charge is 0.389 e. The van der Waals surface area contributed by atoms with E-state index < -0.39 is 6.10 Å². The second-order valence-electron chi connectivity index (χ2n) is 4.76. The average molecular weight is 264 g/mol. The highest BCUT2D eigenvalue weighted by Gasteiger charge is 2.23. The van der Waals surface area contributed by atoms with Gasteiger partial charge in [0.25, 0.3) is 0 Å². The summed E-state index contributed by atoms with van der Waals surface area (Å²) in [5, 5.41) is 15.4. The maximum Gasteiger partial charge on any atom is 0.237 e. The molecule has 1 aromatic carbocycles. The highest BCUT2D eigenvalue weighted by atomic mass is 16.5. The minimum Gasteiger partial charge on any atom is -0.389 e. The van der Waals surface area contributed by atoms with Gasteiger partial charge in [0.1, 0.15) is 0 Å². The van der Waals surface area contributed by atoms with Crippen molar-refractivity contribution in [3.05, 3.63) is 35.4 Å². The summed E-state index contributed by atoms with van der Waals surface area (Å²) in [6.07, 6.45) is 0.0207. The van der Waals surface area contributed by atoms with Crippen molar-refractivity contribution in [3.8, 4) is 0 Å². The highest BCUT2D eigenvalue weighted by Crippen LogP contribution is 2.16. The average Bonchev–Trinajstić information content (AvgIpc) is 2.44. The summed E-state index contributed by atoms with van der Waals surface area (Å²) in [4.78, 5) is 12.0. The lowest BCUT2D eigenvalue weighted by Gasteiger charge is -2.25. The summed E-state index contributed by atoms with van der Waals surface area (Å²) in [5.41, 5.74) is 2.45. The van der Waals surface area contributed by atoms with Crippen LogP contribution in [0.1, 0.15) is 11.1 Å². The maximum atomic E-state index is 12.0. The molecule has 0 aliphatic carbocycles. The maximum absolute atomic E-state index is 12.0. The first-order valence-electron chi connectivity index (χ1n) is 6.45. The number of aliphatic hydroxyl groups is 1. The van der Waals surface area contributed by atoms with Crippen LogP contribution in [-0.4, -0.2) is 43.4 Å². The number of aliphatic hydroxyl groups excluding tert-OH is 1. The van der Waals surface area contributed by atoms with Crippen molar-refractivity contribution in [2.24, 2.45) is 0 Å². The number of benzene rings is 1. The van der Waals surface area contributed by atoms with Crippen LogP contribution in [-0.2, 0) is 22.5 Å². The number of carbonyl (C=O) groups is 1. The second kappa shape index (κ2) is 6.65. The minimum atomic E-state index is -0.662. The van der Waals surface area contributed by atoms with Crippen molar-refractivity contribution in [2.75, 3.05) is 20.3 Å². The van der Waals surface area contributed by atoms with Gasteiger partial charge >= 0.3 is 0 Å². The summed E-state index contributed by atoms with van der Waals surface area (Å²) >= 11 is 0. The monoisotopic (exact) mass is 264 g/mol. The van der Waals surface area contributed by atoms with Gasteiger partial charge in [0.2, 0.25) is 5.91 Å². The Morgan fingerprint density at radius 1 is 1.53 bits per heavy atom. The standard InChI is InChI=1S/C14H20N2O3/c1-19-9-12(17)8-16-14(18)13-6-10-4-2-3-5-11(10)7-15-13/h2-5,12-13,15,17H,6-9H2,1H3,(H,16,18)/t12?,13-/m0/s1. The Kier molecular flexibility index (Phi) is 4.90. The van der Waals surface area contributed by atoms with Gasteiger partial charge in [-0.15, -0.1) is 0 Å². The van der Waals surface area contributed by atoms with E-state index in [1.165, 1.54) is 18.2 Å². The molecule has 2 rings (SSSR count). The molecule has 5 nitrogen and oxygen atoms in total. The van der Waals surface area contributed by atoms with Gasteiger partial charge in [-0.3, -0.25) is 4.79 Å². The van der Waals surface area contributed by atoms with Gasteiger partial charge in [0.05, 0.1) is 18.8 Å². The predicted molar refractivity (Wildman–Crippen MR) is 71.7 cm³/mol. The molecule has 0 spiro atoms. The summed E-state index contributed by atoms with van der Waals surface area (Å²) in [7, 11) is 1.52. The van der Waals surface area contributed by atoms with Gasteiger partial charge in [-0.05, 0) is 17.5 Å². The third-order valence-electron chi connectivity index (χ3n) is 3.27. The fraction of sp³-hybridized carbons (Fsp3) is 0.500. The molecule has 0 bridgehead atoms. The van der Waals surface area contributed by atoms with Crippen LogP contribution in [0.3, 0.4) is 0 Å². The number of ether oxygens (including phenoxy) is 1. The van der Waals surface area contributed by atoms with E-state index in [2.05, 4.69) is 22.8 Å². The molecule has 0 aromatic heterocycles. The zero-order chi connectivity index (χ0) is 13.7. The van der Waals surface area contributed by atoms with Crippen LogP contribution in [0, 0.1) is 0 Å². The fourth-order valence-corrected chi connectivity index (χ4v) is 2.23. The van der Waals surface area contributed by atoms with Crippen molar-refractivity contribution in [1.82, 2.24) is 10.6 Å². The van der Waals surface area contributed by atoms with Crippen LogP contribution >= 0.6 is 0 Å². The van der Waals surface area contributed by atoms with Gasteiger partial charge in [-0.25, -0.2) is 0 Å². The quantitative estimate of drug-likeness (QED) is 0.690. The molecule has 1 aliphatic heterocycles. The van der Waals surface area contributed by atoms with Gasteiger partial charge in [-0.1, -0.05) is 24.3 Å². The normalized spacial score (nSPS) is 19.6. The Bertz CT molecular complexity index is 436. The molecule has 19 heavy (non-hydrogen) atoms. The molecular weight excluding hydrogens is 244 g/mol. The molecule has 1 amide bonds. The number of amides is 1. The molecule has 0 radical (unpaired) electrons. The lowest BCUT2D eigenvalue weighted by molar-refractivity contribution is -0.123. The molecule has 2 atom stereocenters. The van der Waals surface area contributed by atoms with Crippen molar-refractivity contribution in [3.63, 3.8) is 0 Å². The first kappa shape index (κ1) is 14.0. The van der Waals surface area contributed by atoms with E-state index in [1.807, 2.05) is 12.1 Å². The predicted octanol–water partition coefficient (Wildman–Crippen LogP) is -0.176. The van der Waals surface area contributed by atoms with Gasteiger partial charge < -0.3 is 20.5 Å². The molecule has 1 aromatic rings. The molecule has 1 unspecified atom stereocenters. The van der Waals surface area contributed by atoms with Crippen LogP contribution in [0.4, 0.5) is 0 Å². The SMILES string of the molecule is COCC(O)CNC(=O)[C@@H]1Cc2ccccc2CN1. The molecule has 0 saturated carbocycles. The van der Waals surface area contributed by atoms with Gasteiger partial charge in [-0.2, -0.15) is 0 Å². The number of fused-ring (bicyclic) bond motifs is 1. The van der Waals surface area contributed by atoms with Crippen molar-refractivity contribution in [2.45, 2.75) is 25.1 Å². The summed E-state index contributed by atoms with van der Waals surface area (Å²) in [6.45, 7) is 1.14. The molecule has 3 N–H and O–H groups in total. The van der Waals surface area contributed by atoms with E-state index in [1.54, 1.807) is 0 Å². The van der Waals surface area contributed by atoms with E-state index in [0.29, 0.717) is 13.0 Å². The Morgan fingerprint density at radius 2 is 2.26 bits per heavy atom. The molecule has 1 heterocycles. The lowest BCUT2D eigenvalue weighted by atomic mass is 9.95. The molecule has 0 fully saturated rings. The Morgan fingerprint density at radius 3 is 3.00 bits per heavy atom. The first-order chi connectivity index (χ1) is 9.20. The molecule has 5 heteroatoms. The summed E-state index contributed by atoms with van der Waals surface area (Å²) in [6, 6.07) is 7.88. The Balaban J connectivity index is 1.85. The number of hydrogen-bond donors (Lipinski definition) is 3. The number of nitrogens with one attached hydrogen (secondary N) is 2. The van der Waals surface area contributed by atoms with E-state index in [0.717, 1.165) is 0 Å². The van der Waals surface area contributed by atoms with E-state index in [9.17, 15) is 9.90 Å². The number of carbonyl (C=O) groups excluding carboxylic acids is 1. The van der Waals surface area contributed by atoms with Gasteiger partial charge in [0, 0.05) is 20.2 Å².